The Bertz CT molecular complexity index is 1000. The largest absolute Gasteiger partial charge is 0.482 e. The van der Waals surface area contributed by atoms with E-state index in [4.69, 9.17) is 21.7 Å². The zero-order valence-corrected chi connectivity index (χ0v) is 17.2. The van der Waals surface area contributed by atoms with Gasteiger partial charge in [0.25, 0.3) is 0 Å². The van der Waals surface area contributed by atoms with E-state index < -0.39 is 18.0 Å². The Labute approximate surface area is 174 Å². The van der Waals surface area contributed by atoms with Crippen molar-refractivity contribution in [1.82, 2.24) is 10.6 Å². The molecule has 0 bridgehead atoms. The highest BCUT2D eigenvalue weighted by molar-refractivity contribution is 7.80. The van der Waals surface area contributed by atoms with Gasteiger partial charge in [-0.15, -0.1) is 0 Å². The predicted octanol–water partition coefficient (Wildman–Crippen LogP) is 2.75. The molecule has 8 heteroatoms. The SMILES string of the molecule is CCOC(=O)C1=C(C)NC(=S)N[C@@H]1c1c(OCC(=O)OC)ccc2ccccc12. The van der Waals surface area contributed by atoms with Crippen LogP contribution in [-0.2, 0) is 19.1 Å². The molecule has 0 radical (unpaired) electrons. The first-order valence-electron chi connectivity index (χ1n) is 9.13. The lowest BCUT2D eigenvalue weighted by molar-refractivity contribution is -0.143. The average Bonchev–Trinajstić information content (AvgIpc) is 2.70. The Morgan fingerprint density at radius 1 is 1.17 bits per heavy atom. The highest BCUT2D eigenvalue weighted by Crippen LogP contribution is 2.38. The lowest BCUT2D eigenvalue weighted by atomic mass is 9.90. The first-order chi connectivity index (χ1) is 14.0. The van der Waals surface area contributed by atoms with Crippen molar-refractivity contribution in [3.63, 3.8) is 0 Å². The van der Waals surface area contributed by atoms with Gasteiger partial charge >= 0.3 is 11.9 Å². The van der Waals surface area contributed by atoms with E-state index in [1.54, 1.807) is 19.9 Å². The minimum absolute atomic E-state index is 0.244. The topological polar surface area (TPSA) is 85.9 Å². The number of fused-ring (bicyclic) bond motifs is 1. The van der Waals surface area contributed by atoms with Gasteiger partial charge in [0.1, 0.15) is 5.75 Å². The van der Waals surface area contributed by atoms with Gasteiger partial charge in [0.15, 0.2) is 11.7 Å². The van der Waals surface area contributed by atoms with Gasteiger partial charge in [-0.2, -0.15) is 0 Å². The van der Waals surface area contributed by atoms with Crippen molar-refractivity contribution in [1.29, 1.82) is 0 Å². The van der Waals surface area contributed by atoms with E-state index in [1.807, 2.05) is 30.3 Å². The fourth-order valence-corrected chi connectivity index (χ4v) is 3.56. The molecule has 7 nitrogen and oxygen atoms in total. The van der Waals surface area contributed by atoms with Gasteiger partial charge in [-0.25, -0.2) is 9.59 Å². The molecule has 0 saturated carbocycles. The number of thiocarbonyl (C=S) groups is 1. The van der Waals surface area contributed by atoms with Crippen molar-refractivity contribution in [3.8, 4) is 5.75 Å². The summed E-state index contributed by atoms with van der Waals surface area (Å²) in [6.07, 6.45) is 0. The zero-order valence-electron chi connectivity index (χ0n) is 16.4. The van der Waals surface area contributed by atoms with E-state index in [1.165, 1.54) is 7.11 Å². The lowest BCUT2D eigenvalue weighted by Gasteiger charge is -2.31. The van der Waals surface area contributed by atoms with E-state index >= 15 is 0 Å². The summed E-state index contributed by atoms with van der Waals surface area (Å²) < 4.78 is 15.7. The summed E-state index contributed by atoms with van der Waals surface area (Å²) in [5, 5.41) is 8.34. The Hall–Kier alpha value is -3.13. The van der Waals surface area contributed by atoms with Crippen LogP contribution in [0.15, 0.2) is 47.7 Å². The van der Waals surface area contributed by atoms with Gasteiger partial charge in [0.2, 0.25) is 0 Å². The van der Waals surface area contributed by atoms with Crippen molar-refractivity contribution >= 4 is 40.0 Å². The van der Waals surface area contributed by atoms with Crippen molar-refractivity contribution in [2.24, 2.45) is 0 Å². The maximum Gasteiger partial charge on any atom is 0.343 e. The van der Waals surface area contributed by atoms with Crippen LogP contribution in [0.3, 0.4) is 0 Å². The first-order valence-corrected chi connectivity index (χ1v) is 9.53. The van der Waals surface area contributed by atoms with Crippen molar-refractivity contribution < 1.29 is 23.8 Å². The van der Waals surface area contributed by atoms with E-state index in [2.05, 4.69) is 15.4 Å². The third-order valence-electron chi connectivity index (χ3n) is 4.56. The number of hydrogen-bond acceptors (Lipinski definition) is 6. The molecular formula is C21H22N2O5S. The molecule has 2 N–H and O–H groups in total. The van der Waals surface area contributed by atoms with Crippen LogP contribution in [0, 0.1) is 0 Å². The smallest absolute Gasteiger partial charge is 0.343 e. The minimum Gasteiger partial charge on any atom is -0.482 e. The molecule has 0 amide bonds. The summed E-state index contributed by atoms with van der Waals surface area (Å²) >= 11 is 5.33. The fraction of sp³-hybridized carbons (Fsp3) is 0.286. The number of allylic oxidation sites excluding steroid dienone is 1. The summed E-state index contributed by atoms with van der Waals surface area (Å²) in [5.41, 5.74) is 1.70. The molecule has 0 aromatic heterocycles. The number of carbonyl (C=O) groups is 2. The number of methoxy groups -OCH3 is 1. The van der Waals surface area contributed by atoms with Crippen LogP contribution in [0.1, 0.15) is 25.5 Å². The number of rotatable bonds is 6. The van der Waals surface area contributed by atoms with Gasteiger partial charge < -0.3 is 24.8 Å². The molecule has 0 unspecified atom stereocenters. The monoisotopic (exact) mass is 414 g/mol. The molecule has 2 aromatic rings. The van der Waals surface area contributed by atoms with Crippen LogP contribution in [-0.4, -0.2) is 37.4 Å². The normalized spacial score (nSPS) is 16.1. The summed E-state index contributed by atoms with van der Waals surface area (Å²) in [5.74, 6) is -0.509. The van der Waals surface area contributed by atoms with E-state index in [9.17, 15) is 9.59 Å². The van der Waals surface area contributed by atoms with Gasteiger partial charge in [0.05, 0.1) is 25.3 Å². The quantitative estimate of drug-likeness (QED) is 0.551. The van der Waals surface area contributed by atoms with E-state index in [-0.39, 0.29) is 13.2 Å². The molecule has 1 heterocycles. The third-order valence-corrected chi connectivity index (χ3v) is 4.78. The predicted molar refractivity (Wildman–Crippen MR) is 112 cm³/mol. The van der Waals surface area contributed by atoms with Crippen molar-refractivity contribution in [3.05, 3.63) is 53.2 Å². The van der Waals surface area contributed by atoms with Gasteiger partial charge in [-0.3, -0.25) is 0 Å². The zero-order chi connectivity index (χ0) is 21.0. The summed E-state index contributed by atoms with van der Waals surface area (Å²) in [6, 6.07) is 10.8. The molecule has 1 aliphatic rings. The van der Waals surface area contributed by atoms with Crippen molar-refractivity contribution in [2.75, 3.05) is 20.3 Å². The first kappa shape index (κ1) is 20.6. The average molecular weight is 414 g/mol. The Balaban J connectivity index is 2.18. The maximum absolute atomic E-state index is 12.7. The highest BCUT2D eigenvalue weighted by Gasteiger charge is 2.34. The molecule has 0 spiro atoms. The van der Waals surface area contributed by atoms with Crippen molar-refractivity contribution in [2.45, 2.75) is 19.9 Å². The maximum atomic E-state index is 12.7. The molecular weight excluding hydrogens is 392 g/mol. The van der Waals surface area contributed by atoms with Crippen LogP contribution in [0.2, 0.25) is 0 Å². The summed E-state index contributed by atoms with van der Waals surface area (Å²) in [6.45, 7) is 3.51. The molecule has 0 aliphatic carbocycles. The minimum atomic E-state index is -0.610. The second kappa shape index (κ2) is 8.91. The molecule has 29 heavy (non-hydrogen) atoms. The Kier molecular flexibility index (Phi) is 6.33. The molecule has 1 aliphatic heterocycles. The second-order valence-electron chi connectivity index (χ2n) is 6.35. The van der Waals surface area contributed by atoms with Crippen LogP contribution >= 0.6 is 12.2 Å². The Morgan fingerprint density at radius 3 is 2.66 bits per heavy atom. The van der Waals surface area contributed by atoms with Crippen LogP contribution < -0.4 is 15.4 Å². The number of ether oxygens (including phenoxy) is 3. The molecule has 3 rings (SSSR count). The molecule has 0 fully saturated rings. The summed E-state index contributed by atoms with van der Waals surface area (Å²) in [4.78, 5) is 24.4. The van der Waals surface area contributed by atoms with Crippen LogP contribution in [0.25, 0.3) is 10.8 Å². The third kappa shape index (κ3) is 4.32. The molecule has 2 aromatic carbocycles. The standard InChI is InChI=1S/C21H22N2O5S/c1-4-27-20(25)17-12(2)22-21(29)23-19(17)18-14-8-6-5-7-13(14)9-10-15(18)28-11-16(24)26-3/h5-10,19H,4,11H2,1-3H3,(H2,22,23,29)/t19-/m0/s1. The van der Waals surface area contributed by atoms with Gasteiger partial charge in [-0.1, -0.05) is 30.3 Å². The highest BCUT2D eigenvalue weighted by atomic mass is 32.1. The number of esters is 2. The second-order valence-corrected chi connectivity index (χ2v) is 6.76. The molecule has 1 atom stereocenters. The van der Waals surface area contributed by atoms with Crippen LogP contribution in [0.4, 0.5) is 0 Å². The lowest BCUT2D eigenvalue weighted by Crippen LogP contribution is -2.45. The molecule has 152 valence electrons. The van der Waals surface area contributed by atoms with Gasteiger partial charge in [-0.05, 0) is 42.9 Å². The number of hydrogen-bond donors (Lipinski definition) is 2. The van der Waals surface area contributed by atoms with E-state index in [0.29, 0.717) is 27.7 Å². The Morgan fingerprint density at radius 2 is 1.93 bits per heavy atom. The van der Waals surface area contributed by atoms with Gasteiger partial charge in [0, 0.05) is 11.3 Å². The van der Waals surface area contributed by atoms with E-state index in [0.717, 1.165) is 10.8 Å². The molecule has 0 saturated heterocycles. The number of carbonyl (C=O) groups excluding carboxylic acids is 2. The van der Waals surface area contributed by atoms with Crippen LogP contribution in [0.5, 0.6) is 5.75 Å². The number of benzene rings is 2. The fourth-order valence-electron chi connectivity index (χ4n) is 3.28. The summed E-state index contributed by atoms with van der Waals surface area (Å²) in [7, 11) is 1.30. The number of nitrogens with one attached hydrogen (secondary N) is 2.